The molecule has 0 fully saturated rings. The number of benzene rings is 1. The number of rotatable bonds is 3. The molecule has 0 amide bonds. The van der Waals surface area contributed by atoms with Gasteiger partial charge in [-0.1, -0.05) is 24.3 Å². The van der Waals surface area contributed by atoms with Crippen molar-refractivity contribution in [1.29, 1.82) is 0 Å². The Morgan fingerprint density at radius 2 is 1.83 bits per heavy atom. The Morgan fingerprint density at radius 3 is 2.61 bits per heavy atom. The lowest BCUT2D eigenvalue weighted by atomic mass is 10.0. The van der Waals surface area contributed by atoms with Crippen LogP contribution in [0.25, 0.3) is 22.0 Å². The number of aromatic nitrogens is 2. The lowest BCUT2D eigenvalue weighted by Gasteiger charge is -2.14. The van der Waals surface area contributed by atoms with E-state index in [-0.39, 0.29) is 11.3 Å². The van der Waals surface area contributed by atoms with Gasteiger partial charge in [0.25, 0.3) is 5.56 Å². The number of fused-ring (bicyclic) bond motifs is 5. The van der Waals surface area contributed by atoms with Gasteiger partial charge in [-0.3, -0.25) is 14.6 Å². The maximum absolute atomic E-state index is 12.9. The summed E-state index contributed by atoms with van der Waals surface area (Å²) in [7, 11) is 0. The molecule has 0 bridgehead atoms. The highest BCUT2D eigenvalue weighted by Gasteiger charge is 2.32. The lowest BCUT2D eigenvalue weighted by molar-refractivity contribution is 0.104. The van der Waals surface area contributed by atoms with E-state index >= 15 is 0 Å². The average Bonchev–Trinajstić information content (AvgIpc) is 2.89. The van der Waals surface area contributed by atoms with Gasteiger partial charge in [0.05, 0.1) is 16.6 Å². The summed E-state index contributed by atoms with van der Waals surface area (Å²) in [4.78, 5) is 29.8. The maximum Gasteiger partial charge on any atom is 0.260 e. The van der Waals surface area contributed by atoms with Gasteiger partial charge in [0.15, 0.2) is 5.78 Å². The monoisotopic (exact) mass is 305 g/mol. The second kappa shape index (κ2) is 5.14. The molecule has 0 atom stereocenters. The number of ketones is 1. The summed E-state index contributed by atoms with van der Waals surface area (Å²) in [5.74, 6) is -0.0340. The van der Waals surface area contributed by atoms with Gasteiger partial charge in [0.1, 0.15) is 0 Å². The average molecular weight is 305 g/mol. The van der Waals surface area contributed by atoms with Crippen molar-refractivity contribution in [2.45, 2.75) is 13.0 Å². The highest BCUT2D eigenvalue weighted by Crippen LogP contribution is 2.38. The van der Waals surface area contributed by atoms with Gasteiger partial charge < -0.3 is 10.3 Å². The van der Waals surface area contributed by atoms with Crippen LogP contribution in [-0.4, -0.2) is 21.9 Å². The van der Waals surface area contributed by atoms with Crippen LogP contribution >= 0.6 is 0 Å². The van der Waals surface area contributed by atoms with Crippen LogP contribution in [0.15, 0.2) is 47.5 Å². The van der Waals surface area contributed by atoms with Crippen molar-refractivity contribution in [2.75, 3.05) is 6.54 Å². The molecule has 3 aromatic rings. The third-order valence-corrected chi connectivity index (χ3v) is 4.31. The van der Waals surface area contributed by atoms with Crippen LogP contribution in [0.2, 0.25) is 0 Å². The summed E-state index contributed by atoms with van der Waals surface area (Å²) in [6.45, 7) is 0.978. The van der Waals surface area contributed by atoms with Gasteiger partial charge >= 0.3 is 0 Å². The molecule has 0 unspecified atom stereocenters. The molecule has 1 aliphatic rings. The normalized spacial score (nSPS) is 12.5. The Morgan fingerprint density at radius 1 is 1.04 bits per heavy atom. The van der Waals surface area contributed by atoms with Gasteiger partial charge in [0.2, 0.25) is 0 Å². The first-order chi connectivity index (χ1) is 11.2. The van der Waals surface area contributed by atoms with Crippen LogP contribution in [0, 0.1) is 0 Å². The van der Waals surface area contributed by atoms with Crippen molar-refractivity contribution in [3.63, 3.8) is 0 Å². The van der Waals surface area contributed by atoms with Gasteiger partial charge in [-0.25, -0.2) is 0 Å². The van der Waals surface area contributed by atoms with Crippen molar-refractivity contribution in [3.05, 3.63) is 64.2 Å². The number of hydrogen-bond donors (Lipinski definition) is 1. The molecule has 23 heavy (non-hydrogen) atoms. The second-order valence-corrected chi connectivity index (χ2v) is 5.62. The molecule has 5 heteroatoms. The summed E-state index contributed by atoms with van der Waals surface area (Å²) in [6, 6.07) is 9.17. The topological polar surface area (TPSA) is 78.0 Å². The van der Waals surface area contributed by atoms with E-state index in [4.69, 9.17) is 5.73 Å². The van der Waals surface area contributed by atoms with Gasteiger partial charge in [0, 0.05) is 35.5 Å². The molecule has 0 saturated heterocycles. The molecule has 4 rings (SSSR count). The zero-order chi connectivity index (χ0) is 16.0. The minimum atomic E-state index is -0.121. The first-order valence-corrected chi connectivity index (χ1v) is 7.58. The third kappa shape index (κ3) is 1.87. The number of carbonyl (C=O) groups excluding carboxylic acids is 1. The Labute approximate surface area is 132 Å². The van der Waals surface area contributed by atoms with Gasteiger partial charge in [-0.05, 0) is 19.0 Å². The van der Waals surface area contributed by atoms with Crippen molar-refractivity contribution >= 4 is 16.6 Å². The quantitative estimate of drug-likeness (QED) is 0.627. The largest absolute Gasteiger partial charge is 0.330 e. The van der Waals surface area contributed by atoms with Crippen molar-refractivity contribution in [3.8, 4) is 11.3 Å². The fourth-order valence-corrected chi connectivity index (χ4v) is 3.29. The SMILES string of the molecule is NCCCn1c2c(c3ccncc3c1=O)C(=O)c1ccccc1-2. The standard InChI is InChI=1S/C18H15N3O2/c19-7-3-9-21-16-12-4-1-2-5-13(12)17(22)15(16)11-6-8-20-10-14(11)18(21)23/h1-2,4-6,8,10H,3,7,9,19H2. The van der Waals surface area contributed by atoms with E-state index in [1.54, 1.807) is 16.8 Å². The smallest absolute Gasteiger partial charge is 0.260 e. The predicted octanol–water partition coefficient (Wildman–Crippen LogP) is 1.96. The predicted molar refractivity (Wildman–Crippen MR) is 88.5 cm³/mol. The number of carbonyl (C=O) groups is 1. The van der Waals surface area contributed by atoms with Crippen LogP contribution in [0.4, 0.5) is 0 Å². The van der Waals surface area contributed by atoms with Crippen LogP contribution in [0.3, 0.4) is 0 Å². The Kier molecular flexibility index (Phi) is 3.09. The fourth-order valence-electron chi connectivity index (χ4n) is 3.29. The summed E-state index contributed by atoms with van der Waals surface area (Å²) in [5, 5.41) is 1.15. The van der Waals surface area contributed by atoms with Crippen LogP contribution in [0.1, 0.15) is 22.3 Å². The molecule has 0 saturated carbocycles. The van der Waals surface area contributed by atoms with Crippen LogP contribution < -0.4 is 11.3 Å². The summed E-state index contributed by atoms with van der Waals surface area (Å²) in [5.41, 5.74) is 8.27. The number of nitrogens with two attached hydrogens (primary N) is 1. The molecular weight excluding hydrogens is 290 g/mol. The number of nitrogens with zero attached hydrogens (tertiary/aromatic N) is 2. The van der Waals surface area contributed by atoms with Crippen LogP contribution in [0.5, 0.6) is 0 Å². The highest BCUT2D eigenvalue weighted by molar-refractivity contribution is 6.26. The molecule has 0 spiro atoms. The van der Waals surface area contributed by atoms with E-state index in [9.17, 15) is 9.59 Å². The van der Waals surface area contributed by atoms with Gasteiger partial charge in [-0.15, -0.1) is 0 Å². The molecule has 5 nitrogen and oxygen atoms in total. The van der Waals surface area contributed by atoms with Crippen molar-refractivity contribution in [1.82, 2.24) is 9.55 Å². The zero-order valence-electron chi connectivity index (χ0n) is 12.5. The molecule has 0 aliphatic heterocycles. The molecule has 0 radical (unpaired) electrons. The third-order valence-electron chi connectivity index (χ3n) is 4.31. The minimum Gasteiger partial charge on any atom is -0.330 e. The van der Waals surface area contributed by atoms with E-state index in [2.05, 4.69) is 4.98 Å². The molecule has 1 aromatic carbocycles. The first kappa shape index (κ1) is 13.8. The zero-order valence-corrected chi connectivity index (χ0v) is 12.5. The minimum absolute atomic E-state index is 0.0340. The van der Waals surface area contributed by atoms with E-state index in [0.29, 0.717) is 47.1 Å². The summed E-state index contributed by atoms with van der Waals surface area (Å²) >= 11 is 0. The molecule has 2 aromatic heterocycles. The molecule has 114 valence electrons. The molecule has 2 N–H and O–H groups in total. The van der Waals surface area contributed by atoms with Crippen LogP contribution in [-0.2, 0) is 6.54 Å². The van der Waals surface area contributed by atoms with Crippen molar-refractivity contribution in [2.24, 2.45) is 5.73 Å². The molecular formula is C18H15N3O2. The van der Waals surface area contributed by atoms with E-state index < -0.39 is 0 Å². The molecule has 2 heterocycles. The summed E-state index contributed by atoms with van der Waals surface area (Å²) in [6.07, 6.45) is 3.82. The Hall–Kier alpha value is -2.79. The van der Waals surface area contributed by atoms with Gasteiger partial charge in [-0.2, -0.15) is 0 Å². The van der Waals surface area contributed by atoms with Crippen molar-refractivity contribution < 1.29 is 4.79 Å². The molecule has 1 aliphatic carbocycles. The lowest BCUT2D eigenvalue weighted by Crippen LogP contribution is -2.24. The Bertz CT molecular complexity index is 1000. The summed E-state index contributed by atoms with van der Waals surface area (Å²) < 4.78 is 1.68. The number of hydrogen-bond acceptors (Lipinski definition) is 4. The number of pyridine rings is 2. The second-order valence-electron chi connectivity index (χ2n) is 5.62. The van der Waals surface area contributed by atoms with E-state index in [1.165, 1.54) is 6.20 Å². The maximum atomic E-state index is 12.9. The van der Waals surface area contributed by atoms with E-state index in [0.717, 1.165) is 5.56 Å². The Balaban J connectivity index is 2.16. The first-order valence-electron chi connectivity index (χ1n) is 7.58. The highest BCUT2D eigenvalue weighted by atomic mass is 16.1. The fraction of sp³-hybridized carbons (Fsp3) is 0.167. The van der Waals surface area contributed by atoms with E-state index in [1.807, 2.05) is 24.3 Å².